The molecule has 0 heterocycles. The van der Waals surface area contributed by atoms with Gasteiger partial charge in [0.05, 0.1) is 0 Å². The highest BCUT2D eigenvalue weighted by Crippen LogP contribution is 2.25. The Morgan fingerprint density at radius 3 is 1.61 bits per heavy atom. The predicted molar refractivity (Wildman–Crippen MR) is 99.3 cm³/mol. The standard InChI is InChI=1S/C23H22/c1-19(17-20-11-5-2-6-12-20)18-23(21-13-7-3-8-14-21)22-15-9-4-10-16-22/h2-16,18-19H,17H2,1H3. The van der Waals surface area contributed by atoms with E-state index in [0.717, 1.165) is 6.42 Å². The highest BCUT2D eigenvalue weighted by molar-refractivity contribution is 5.79. The quantitative estimate of drug-likeness (QED) is 0.542. The van der Waals surface area contributed by atoms with Crippen LogP contribution in [0.3, 0.4) is 0 Å². The molecule has 0 N–H and O–H groups in total. The average molecular weight is 298 g/mol. The highest BCUT2D eigenvalue weighted by atomic mass is 14.1. The first-order chi connectivity index (χ1) is 11.3. The van der Waals surface area contributed by atoms with Gasteiger partial charge in [0.25, 0.3) is 0 Å². The maximum Gasteiger partial charge on any atom is -0.0149 e. The fraction of sp³-hybridized carbons (Fsp3) is 0.130. The van der Waals surface area contributed by atoms with Crippen LogP contribution in [0.4, 0.5) is 0 Å². The molecule has 0 radical (unpaired) electrons. The van der Waals surface area contributed by atoms with Crippen LogP contribution in [0, 0.1) is 5.92 Å². The van der Waals surface area contributed by atoms with E-state index in [1.165, 1.54) is 22.3 Å². The Labute approximate surface area is 139 Å². The summed E-state index contributed by atoms with van der Waals surface area (Å²) in [6, 6.07) is 32.0. The van der Waals surface area contributed by atoms with E-state index in [0.29, 0.717) is 5.92 Å². The Kier molecular flexibility index (Phi) is 5.06. The summed E-state index contributed by atoms with van der Waals surface area (Å²) in [5.41, 5.74) is 5.25. The number of hydrogen-bond acceptors (Lipinski definition) is 0. The topological polar surface area (TPSA) is 0 Å². The minimum atomic E-state index is 0.479. The van der Waals surface area contributed by atoms with Gasteiger partial charge in [-0.15, -0.1) is 0 Å². The lowest BCUT2D eigenvalue weighted by molar-refractivity contribution is 0.725. The van der Waals surface area contributed by atoms with E-state index in [1.807, 2.05) is 0 Å². The molecule has 3 aromatic carbocycles. The van der Waals surface area contributed by atoms with Gasteiger partial charge >= 0.3 is 0 Å². The molecule has 0 aliphatic carbocycles. The molecule has 1 atom stereocenters. The molecular formula is C23H22. The zero-order valence-corrected chi connectivity index (χ0v) is 13.5. The van der Waals surface area contributed by atoms with Gasteiger partial charge in [0.1, 0.15) is 0 Å². The second-order valence-corrected chi connectivity index (χ2v) is 5.98. The minimum Gasteiger partial charge on any atom is -0.0729 e. The lowest BCUT2D eigenvalue weighted by Crippen LogP contribution is -1.98. The van der Waals surface area contributed by atoms with Crippen LogP contribution in [0.5, 0.6) is 0 Å². The van der Waals surface area contributed by atoms with Gasteiger partial charge in [-0.1, -0.05) is 104 Å². The van der Waals surface area contributed by atoms with Gasteiger partial charge in [-0.3, -0.25) is 0 Å². The van der Waals surface area contributed by atoms with E-state index >= 15 is 0 Å². The number of rotatable bonds is 5. The number of benzene rings is 3. The van der Waals surface area contributed by atoms with E-state index in [9.17, 15) is 0 Å². The van der Waals surface area contributed by atoms with Crippen LogP contribution in [0.2, 0.25) is 0 Å². The maximum absolute atomic E-state index is 2.40. The van der Waals surface area contributed by atoms with E-state index in [-0.39, 0.29) is 0 Å². The van der Waals surface area contributed by atoms with Crippen molar-refractivity contribution in [2.45, 2.75) is 13.3 Å². The Balaban J connectivity index is 1.92. The van der Waals surface area contributed by atoms with Crippen LogP contribution < -0.4 is 0 Å². The molecule has 0 saturated heterocycles. The van der Waals surface area contributed by atoms with Crippen LogP contribution in [0.25, 0.3) is 5.57 Å². The zero-order valence-electron chi connectivity index (χ0n) is 13.5. The molecule has 3 rings (SSSR count). The predicted octanol–water partition coefficient (Wildman–Crippen LogP) is 6.00. The van der Waals surface area contributed by atoms with Crippen molar-refractivity contribution < 1.29 is 0 Å². The number of allylic oxidation sites excluding steroid dienone is 1. The molecular weight excluding hydrogens is 276 g/mol. The molecule has 1 unspecified atom stereocenters. The zero-order chi connectivity index (χ0) is 15.9. The lowest BCUT2D eigenvalue weighted by atomic mass is 9.92. The summed E-state index contributed by atoms with van der Waals surface area (Å²) >= 11 is 0. The summed E-state index contributed by atoms with van der Waals surface area (Å²) in [7, 11) is 0. The normalized spacial score (nSPS) is 11.7. The van der Waals surface area contributed by atoms with Crippen molar-refractivity contribution in [3.8, 4) is 0 Å². The summed E-state index contributed by atoms with van der Waals surface area (Å²) < 4.78 is 0. The minimum absolute atomic E-state index is 0.479. The van der Waals surface area contributed by atoms with E-state index in [1.54, 1.807) is 0 Å². The average Bonchev–Trinajstić information content (AvgIpc) is 2.62. The first kappa shape index (κ1) is 15.3. The highest BCUT2D eigenvalue weighted by Gasteiger charge is 2.08. The molecule has 0 saturated carbocycles. The second kappa shape index (κ2) is 7.60. The molecule has 0 spiro atoms. The molecule has 0 aromatic heterocycles. The monoisotopic (exact) mass is 298 g/mol. The van der Waals surface area contributed by atoms with Gasteiger partial charge in [-0.05, 0) is 34.6 Å². The third-order valence-corrected chi connectivity index (χ3v) is 4.02. The summed E-state index contributed by atoms with van der Waals surface area (Å²) in [5.74, 6) is 0.479. The van der Waals surface area contributed by atoms with Gasteiger partial charge in [-0.2, -0.15) is 0 Å². The first-order valence-corrected chi connectivity index (χ1v) is 8.19. The van der Waals surface area contributed by atoms with E-state index in [4.69, 9.17) is 0 Å². The van der Waals surface area contributed by atoms with Crippen LogP contribution in [-0.2, 0) is 6.42 Å². The van der Waals surface area contributed by atoms with Gasteiger partial charge in [0, 0.05) is 0 Å². The second-order valence-electron chi connectivity index (χ2n) is 5.98. The molecule has 0 bridgehead atoms. The SMILES string of the molecule is CC(C=C(c1ccccc1)c1ccccc1)Cc1ccccc1. The van der Waals surface area contributed by atoms with E-state index < -0.39 is 0 Å². The van der Waals surface area contributed by atoms with Crippen molar-refractivity contribution in [3.63, 3.8) is 0 Å². The molecule has 0 aliphatic heterocycles. The van der Waals surface area contributed by atoms with Crippen LogP contribution in [0.15, 0.2) is 97.1 Å². The molecule has 0 heteroatoms. The molecule has 0 fully saturated rings. The summed E-state index contributed by atoms with van der Waals surface area (Å²) in [4.78, 5) is 0. The Bertz CT molecular complexity index is 698. The Morgan fingerprint density at radius 1 is 0.696 bits per heavy atom. The molecule has 23 heavy (non-hydrogen) atoms. The largest absolute Gasteiger partial charge is 0.0729 e. The number of hydrogen-bond donors (Lipinski definition) is 0. The lowest BCUT2D eigenvalue weighted by Gasteiger charge is -2.13. The van der Waals surface area contributed by atoms with Crippen LogP contribution >= 0.6 is 0 Å². The van der Waals surface area contributed by atoms with Crippen molar-refractivity contribution >= 4 is 5.57 Å². The van der Waals surface area contributed by atoms with Gasteiger partial charge < -0.3 is 0 Å². The van der Waals surface area contributed by atoms with Gasteiger partial charge in [0.15, 0.2) is 0 Å². The Hall–Kier alpha value is -2.60. The molecule has 0 amide bonds. The molecule has 114 valence electrons. The van der Waals surface area contributed by atoms with E-state index in [2.05, 4.69) is 104 Å². The Morgan fingerprint density at radius 2 is 1.13 bits per heavy atom. The summed E-state index contributed by atoms with van der Waals surface area (Å²) in [5, 5.41) is 0. The van der Waals surface area contributed by atoms with Crippen LogP contribution in [-0.4, -0.2) is 0 Å². The molecule has 0 nitrogen and oxygen atoms in total. The van der Waals surface area contributed by atoms with Crippen molar-refractivity contribution in [2.75, 3.05) is 0 Å². The summed E-state index contributed by atoms with van der Waals surface area (Å²) in [6.07, 6.45) is 3.46. The molecule has 3 aromatic rings. The molecule has 0 aliphatic rings. The maximum atomic E-state index is 2.40. The smallest absolute Gasteiger partial charge is 0.0149 e. The van der Waals surface area contributed by atoms with Crippen molar-refractivity contribution in [1.82, 2.24) is 0 Å². The van der Waals surface area contributed by atoms with Gasteiger partial charge in [0.2, 0.25) is 0 Å². The third kappa shape index (κ3) is 4.20. The fourth-order valence-electron chi connectivity index (χ4n) is 2.92. The summed E-state index contributed by atoms with van der Waals surface area (Å²) in [6.45, 7) is 2.29. The van der Waals surface area contributed by atoms with Crippen molar-refractivity contribution in [2.24, 2.45) is 5.92 Å². The fourth-order valence-corrected chi connectivity index (χ4v) is 2.92. The first-order valence-electron chi connectivity index (χ1n) is 8.19. The van der Waals surface area contributed by atoms with Gasteiger partial charge in [-0.25, -0.2) is 0 Å². The van der Waals surface area contributed by atoms with Crippen LogP contribution in [0.1, 0.15) is 23.6 Å². The third-order valence-electron chi connectivity index (χ3n) is 4.02. The van der Waals surface area contributed by atoms with Crippen molar-refractivity contribution in [1.29, 1.82) is 0 Å². The van der Waals surface area contributed by atoms with Crippen molar-refractivity contribution in [3.05, 3.63) is 114 Å².